The van der Waals surface area contributed by atoms with Crippen molar-refractivity contribution in [2.24, 2.45) is 5.92 Å². The molecule has 1 amide bonds. The number of carbonyl (C=O) groups is 1. The monoisotopic (exact) mass is 345 g/mol. The molecule has 0 radical (unpaired) electrons. The van der Waals surface area contributed by atoms with Gasteiger partial charge in [-0.25, -0.2) is 0 Å². The molecule has 0 saturated heterocycles. The third-order valence-corrected chi connectivity index (χ3v) is 5.32. The first-order chi connectivity index (χ1) is 9.13. The van der Waals surface area contributed by atoms with Crippen LogP contribution in [0.15, 0.2) is 15.9 Å². The van der Waals surface area contributed by atoms with Crippen molar-refractivity contribution in [3.63, 3.8) is 0 Å². The molecule has 1 saturated carbocycles. The zero-order chi connectivity index (χ0) is 13.7. The number of aryl methyl sites for hydroxylation is 1. The average Bonchev–Trinajstić information content (AvgIpc) is 2.80. The SMILES string of the molecule is O=C(CCc1cc(Br)cs1)NCC1CCCC(O)C1. The number of hydrogen-bond acceptors (Lipinski definition) is 3. The Hall–Kier alpha value is -0.390. The van der Waals surface area contributed by atoms with E-state index in [4.69, 9.17) is 0 Å². The summed E-state index contributed by atoms with van der Waals surface area (Å²) in [6.07, 6.45) is 5.12. The molecule has 2 atom stereocenters. The summed E-state index contributed by atoms with van der Waals surface area (Å²) in [6, 6.07) is 2.06. The highest BCUT2D eigenvalue weighted by atomic mass is 79.9. The fourth-order valence-electron chi connectivity index (χ4n) is 2.52. The zero-order valence-electron chi connectivity index (χ0n) is 10.9. The van der Waals surface area contributed by atoms with Crippen molar-refractivity contribution >= 4 is 33.2 Å². The lowest BCUT2D eigenvalue weighted by atomic mass is 9.87. The van der Waals surface area contributed by atoms with Crippen molar-refractivity contribution < 1.29 is 9.90 Å². The summed E-state index contributed by atoms with van der Waals surface area (Å²) in [4.78, 5) is 13.0. The predicted molar refractivity (Wildman–Crippen MR) is 81.3 cm³/mol. The van der Waals surface area contributed by atoms with Crippen LogP contribution in [0, 0.1) is 5.92 Å². The third-order valence-electron chi connectivity index (χ3n) is 3.56. The number of nitrogens with one attached hydrogen (secondary N) is 1. The maximum atomic E-state index is 11.8. The fourth-order valence-corrected chi connectivity index (χ4v) is 3.97. The van der Waals surface area contributed by atoms with Gasteiger partial charge in [0.05, 0.1) is 6.10 Å². The normalized spacial score (nSPS) is 23.3. The third kappa shape index (κ3) is 5.24. The van der Waals surface area contributed by atoms with E-state index in [0.29, 0.717) is 18.9 Å². The molecule has 3 nitrogen and oxygen atoms in total. The molecule has 1 aromatic heterocycles. The lowest BCUT2D eigenvalue weighted by molar-refractivity contribution is -0.121. The average molecular weight is 346 g/mol. The van der Waals surface area contributed by atoms with Gasteiger partial charge in [-0.05, 0) is 53.6 Å². The number of rotatable bonds is 5. The molecule has 2 rings (SSSR count). The van der Waals surface area contributed by atoms with Gasteiger partial charge < -0.3 is 10.4 Å². The van der Waals surface area contributed by atoms with Gasteiger partial charge in [0.1, 0.15) is 0 Å². The highest BCUT2D eigenvalue weighted by molar-refractivity contribution is 9.10. The van der Waals surface area contributed by atoms with Crippen molar-refractivity contribution in [1.29, 1.82) is 0 Å². The van der Waals surface area contributed by atoms with Crippen LogP contribution in [0.3, 0.4) is 0 Å². The minimum Gasteiger partial charge on any atom is -0.393 e. The van der Waals surface area contributed by atoms with Gasteiger partial charge >= 0.3 is 0 Å². The minimum absolute atomic E-state index is 0.115. The minimum atomic E-state index is -0.167. The van der Waals surface area contributed by atoms with Gasteiger partial charge in [-0.2, -0.15) is 0 Å². The summed E-state index contributed by atoms with van der Waals surface area (Å²) in [6.45, 7) is 0.712. The first-order valence-corrected chi connectivity index (χ1v) is 8.48. The summed E-state index contributed by atoms with van der Waals surface area (Å²) in [7, 11) is 0. The molecule has 0 spiro atoms. The van der Waals surface area contributed by atoms with Crippen molar-refractivity contribution in [3.05, 3.63) is 20.8 Å². The van der Waals surface area contributed by atoms with E-state index in [-0.39, 0.29) is 12.0 Å². The first kappa shape index (κ1) is 15.0. The molecular formula is C14H20BrNO2S. The highest BCUT2D eigenvalue weighted by Gasteiger charge is 2.20. The van der Waals surface area contributed by atoms with Gasteiger partial charge in [0.2, 0.25) is 5.91 Å². The molecule has 106 valence electrons. The second-order valence-corrected chi connectivity index (χ2v) is 7.13. The maximum Gasteiger partial charge on any atom is 0.220 e. The summed E-state index contributed by atoms with van der Waals surface area (Å²) in [5.74, 6) is 0.563. The van der Waals surface area contributed by atoms with E-state index in [0.717, 1.165) is 36.6 Å². The standard InChI is InChI=1S/C14H20BrNO2S/c15-11-7-13(19-9-11)4-5-14(18)16-8-10-2-1-3-12(17)6-10/h7,9-10,12,17H,1-6,8H2,(H,16,18). The number of carbonyl (C=O) groups excluding carboxylic acids is 1. The molecule has 1 aliphatic carbocycles. The van der Waals surface area contributed by atoms with Gasteiger partial charge in [0.25, 0.3) is 0 Å². The number of hydrogen-bond donors (Lipinski definition) is 2. The van der Waals surface area contributed by atoms with Crippen molar-refractivity contribution in [3.8, 4) is 0 Å². The highest BCUT2D eigenvalue weighted by Crippen LogP contribution is 2.23. The number of thiophene rings is 1. The first-order valence-electron chi connectivity index (χ1n) is 6.81. The van der Waals surface area contributed by atoms with Crippen LogP contribution in [0.5, 0.6) is 0 Å². The van der Waals surface area contributed by atoms with Crippen LogP contribution in [0.2, 0.25) is 0 Å². The van der Waals surface area contributed by atoms with Crippen LogP contribution < -0.4 is 5.32 Å². The molecule has 1 aromatic rings. The van der Waals surface area contributed by atoms with E-state index >= 15 is 0 Å². The van der Waals surface area contributed by atoms with Crippen LogP contribution in [-0.4, -0.2) is 23.7 Å². The van der Waals surface area contributed by atoms with E-state index < -0.39 is 0 Å². The number of aliphatic hydroxyl groups is 1. The van der Waals surface area contributed by atoms with Gasteiger partial charge in [-0.15, -0.1) is 11.3 Å². The van der Waals surface area contributed by atoms with Crippen molar-refractivity contribution in [2.45, 2.75) is 44.6 Å². The Morgan fingerprint density at radius 1 is 1.53 bits per heavy atom. The topological polar surface area (TPSA) is 49.3 Å². The molecular weight excluding hydrogens is 326 g/mol. The van der Waals surface area contributed by atoms with Gasteiger partial charge in [-0.1, -0.05) is 6.42 Å². The van der Waals surface area contributed by atoms with Crippen molar-refractivity contribution in [1.82, 2.24) is 5.32 Å². The van der Waals surface area contributed by atoms with E-state index in [1.165, 1.54) is 4.88 Å². The molecule has 0 aromatic carbocycles. The lowest BCUT2D eigenvalue weighted by Gasteiger charge is -2.25. The summed E-state index contributed by atoms with van der Waals surface area (Å²) in [5, 5.41) is 14.6. The van der Waals surface area contributed by atoms with Crippen LogP contribution in [0.1, 0.15) is 37.0 Å². The maximum absolute atomic E-state index is 11.8. The van der Waals surface area contributed by atoms with E-state index in [9.17, 15) is 9.90 Å². The van der Waals surface area contributed by atoms with Crippen molar-refractivity contribution in [2.75, 3.05) is 6.54 Å². The number of halogens is 1. The molecule has 1 fully saturated rings. The van der Waals surface area contributed by atoms with Crippen LogP contribution in [0.4, 0.5) is 0 Å². The molecule has 5 heteroatoms. The summed E-state index contributed by atoms with van der Waals surface area (Å²) < 4.78 is 1.09. The Balaban J connectivity index is 1.64. The fraction of sp³-hybridized carbons (Fsp3) is 0.643. The van der Waals surface area contributed by atoms with Crippen LogP contribution in [0.25, 0.3) is 0 Å². The Bertz CT molecular complexity index is 421. The van der Waals surface area contributed by atoms with Gasteiger partial charge in [-0.3, -0.25) is 4.79 Å². The van der Waals surface area contributed by atoms with E-state index in [1.54, 1.807) is 11.3 Å². The smallest absolute Gasteiger partial charge is 0.220 e. The van der Waals surface area contributed by atoms with E-state index in [2.05, 4.69) is 27.3 Å². The zero-order valence-corrected chi connectivity index (χ0v) is 13.3. The Kier molecular flexibility index (Phi) is 5.85. The molecule has 1 aliphatic rings. The lowest BCUT2D eigenvalue weighted by Crippen LogP contribution is -2.33. The Labute approximate surface area is 126 Å². The molecule has 19 heavy (non-hydrogen) atoms. The number of aliphatic hydroxyl groups excluding tert-OH is 1. The second kappa shape index (κ2) is 7.41. The van der Waals surface area contributed by atoms with Gasteiger partial charge in [0.15, 0.2) is 0 Å². The quantitative estimate of drug-likeness (QED) is 0.861. The van der Waals surface area contributed by atoms with Gasteiger partial charge in [0, 0.05) is 27.7 Å². The molecule has 0 aliphatic heterocycles. The van der Waals surface area contributed by atoms with Crippen LogP contribution in [-0.2, 0) is 11.2 Å². The van der Waals surface area contributed by atoms with E-state index in [1.807, 2.05) is 5.38 Å². The Morgan fingerprint density at radius 2 is 2.37 bits per heavy atom. The molecule has 1 heterocycles. The van der Waals surface area contributed by atoms with Crippen LogP contribution >= 0.6 is 27.3 Å². The molecule has 0 bridgehead atoms. The second-order valence-electron chi connectivity index (χ2n) is 5.22. The number of amides is 1. The molecule has 2 unspecified atom stereocenters. The largest absolute Gasteiger partial charge is 0.393 e. The Morgan fingerprint density at radius 3 is 3.05 bits per heavy atom. The summed E-state index contributed by atoms with van der Waals surface area (Å²) in [5.41, 5.74) is 0. The summed E-state index contributed by atoms with van der Waals surface area (Å²) >= 11 is 5.09. The molecule has 2 N–H and O–H groups in total. The predicted octanol–water partition coefficient (Wildman–Crippen LogP) is 3.11.